The first-order valence-corrected chi connectivity index (χ1v) is 10.9. The number of hydrogen-bond acceptors (Lipinski definition) is 4. The van der Waals surface area contributed by atoms with Crippen LogP contribution < -0.4 is 0 Å². The number of sulfonamides is 1. The largest absolute Gasteiger partial charge is 0.342 e. The summed E-state index contributed by atoms with van der Waals surface area (Å²) >= 11 is 0. The van der Waals surface area contributed by atoms with Gasteiger partial charge in [0.25, 0.3) is 0 Å². The van der Waals surface area contributed by atoms with Crippen LogP contribution in [-0.2, 0) is 21.2 Å². The Kier molecular flexibility index (Phi) is 4.48. The number of fused-ring (bicyclic) bond motifs is 5. The van der Waals surface area contributed by atoms with Crippen LogP contribution in [0.1, 0.15) is 25.1 Å². The Hall–Kier alpha value is -1.93. The highest BCUT2D eigenvalue weighted by molar-refractivity contribution is 7.88. The first-order chi connectivity index (χ1) is 12.4. The summed E-state index contributed by atoms with van der Waals surface area (Å²) in [6.45, 7) is 1.62. The lowest BCUT2D eigenvalue weighted by Crippen LogP contribution is -2.47. The van der Waals surface area contributed by atoms with E-state index in [1.165, 1.54) is 6.26 Å². The average molecular weight is 376 g/mol. The van der Waals surface area contributed by atoms with E-state index in [1.807, 2.05) is 29.2 Å². The molecule has 8 heteroatoms. The lowest BCUT2D eigenvalue weighted by molar-refractivity contribution is -0.135. The number of carbonyl (C=O) groups is 1. The summed E-state index contributed by atoms with van der Waals surface area (Å²) in [5.41, 5.74) is 1.89. The molecule has 0 spiro atoms. The Morgan fingerprint density at radius 2 is 2.04 bits per heavy atom. The second kappa shape index (κ2) is 6.66. The predicted molar refractivity (Wildman–Crippen MR) is 99.1 cm³/mol. The Morgan fingerprint density at radius 1 is 1.23 bits per heavy atom. The Labute approximate surface area is 153 Å². The zero-order valence-corrected chi connectivity index (χ0v) is 15.7. The molecule has 1 aromatic heterocycles. The van der Waals surface area contributed by atoms with Crippen LogP contribution in [0.25, 0.3) is 11.0 Å². The molecule has 1 N–H and O–H groups in total. The molecule has 2 bridgehead atoms. The molecule has 0 unspecified atom stereocenters. The molecule has 0 radical (unpaired) electrons. The fourth-order valence-corrected chi connectivity index (χ4v) is 5.03. The molecule has 3 saturated heterocycles. The van der Waals surface area contributed by atoms with E-state index in [0.29, 0.717) is 32.5 Å². The van der Waals surface area contributed by atoms with E-state index < -0.39 is 10.0 Å². The topological polar surface area (TPSA) is 86.4 Å². The van der Waals surface area contributed by atoms with Crippen molar-refractivity contribution in [2.45, 2.75) is 31.7 Å². The van der Waals surface area contributed by atoms with Crippen molar-refractivity contribution >= 4 is 27.0 Å². The van der Waals surface area contributed by atoms with Gasteiger partial charge in [0.1, 0.15) is 5.82 Å². The van der Waals surface area contributed by atoms with Crippen molar-refractivity contribution in [3.63, 3.8) is 0 Å². The summed E-state index contributed by atoms with van der Waals surface area (Å²) in [5.74, 6) is 1.14. The van der Waals surface area contributed by atoms with Gasteiger partial charge in [-0.2, -0.15) is 4.31 Å². The van der Waals surface area contributed by atoms with Gasteiger partial charge in [-0.1, -0.05) is 12.1 Å². The summed E-state index contributed by atoms with van der Waals surface area (Å²) in [7, 11) is -3.21. The number of hydrogen-bond donors (Lipinski definition) is 1. The number of amides is 1. The second-order valence-electron chi connectivity index (χ2n) is 7.42. The molecule has 2 aromatic rings. The zero-order chi connectivity index (χ0) is 18.3. The number of para-hydroxylation sites is 2. The third kappa shape index (κ3) is 3.48. The van der Waals surface area contributed by atoms with Crippen LogP contribution in [0.15, 0.2) is 24.3 Å². The Balaban J connectivity index is 1.43. The smallest absolute Gasteiger partial charge is 0.223 e. The number of carbonyl (C=O) groups excluding carboxylic acids is 1. The summed E-state index contributed by atoms with van der Waals surface area (Å²) in [6, 6.07) is 7.81. The van der Waals surface area contributed by atoms with Crippen LogP contribution in [0.2, 0.25) is 0 Å². The fraction of sp³-hybridized carbons (Fsp3) is 0.556. The van der Waals surface area contributed by atoms with Crippen molar-refractivity contribution < 1.29 is 13.2 Å². The molecule has 0 aliphatic carbocycles. The van der Waals surface area contributed by atoms with E-state index in [1.54, 1.807) is 4.31 Å². The van der Waals surface area contributed by atoms with Crippen LogP contribution >= 0.6 is 0 Å². The average Bonchev–Trinajstić information content (AvgIpc) is 2.77. The van der Waals surface area contributed by atoms with Gasteiger partial charge in [0.15, 0.2) is 0 Å². The Morgan fingerprint density at radius 3 is 2.81 bits per heavy atom. The second-order valence-corrected chi connectivity index (χ2v) is 9.41. The number of imidazole rings is 1. The standard InChI is InChI=1S/C18H24N4O3S/c1-26(24,25)21-10-13-6-7-14(12-21)22(11-13)18(23)9-8-17-19-15-4-2-3-5-16(15)20-17/h2-5,13-14H,6-12H2,1H3,(H,19,20)/t13-,14+/m1/s1. The molecule has 140 valence electrons. The van der Waals surface area contributed by atoms with Crippen molar-refractivity contribution in [1.82, 2.24) is 19.2 Å². The summed E-state index contributed by atoms with van der Waals surface area (Å²) < 4.78 is 25.4. The number of nitrogens with one attached hydrogen (secondary N) is 1. The predicted octanol–water partition coefficient (Wildman–Crippen LogP) is 1.38. The van der Waals surface area contributed by atoms with E-state index in [0.717, 1.165) is 29.7 Å². The molecular weight excluding hydrogens is 352 g/mol. The quantitative estimate of drug-likeness (QED) is 0.873. The molecule has 26 heavy (non-hydrogen) atoms. The van der Waals surface area contributed by atoms with Gasteiger partial charge in [0, 0.05) is 38.5 Å². The van der Waals surface area contributed by atoms with Crippen molar-refractivity contribution in [1.29, 1.82) is 0 Å². The van der Waals surface area contributed by atoms with Crippen molar-refractivity contribution in [3.8, 4) is 0 Å². The SMILES string of the molecule is CS(=O)(=O)N1C[C@H]2CC[C@@H](C1)N(C(=O)CCc1nc3ccccc3[nH]1)C2. The molecular formula is C18H24N4O3S. The summed E-state index contributed by atoms with van der Waals surface area (Å²) in [4.78, 5) is 22.5. The number of aryl methyl sites for hydroxylation is 1. The molecule has 4 heterocycles. The number of benzene rings is 1. The van der Waals surface area contributed by atoms with E-state index >= 15 is 0 Å². The van der Waals surface area contributed by atoms with Gasteiger partial charge in [-0.15, -0.1) is 0 Å². The number of aromatic amines is 1. The van der Waals surface area contributed by atoms with Gasteiger partial charge in [-0.3, -0.25) is 4.79 Å². The first-order valence-electron chi connectivity index (χ1n) is 9.08. The van der Waals surface area contributed by atoms with Gasteiger partial charge < -0.3 is 9.88 Å². The molecule has 3 aliphatic heterocycles. The van der Waals surface area contributed by atoms with Crippen molar-refractivity contribution in [3.05, 3.63) is 30.1 Å². The van der Waals surface area contributed by atoms with E-state index in [4.69, 9.17) is 0 Å². The molecule has 1 aromatic carbocycles. The molecule has 0 saturated carbocycles. The van der Waals surface area contributed by atoms with Crippen LogP contribution in [0.4, 0.5) is 0 Å². The molecule has 1 amide bonds. The summed E-state index contributed by atoms with van der Waals surface area (Å²) in [6.07, 6.45) is 4.09. The van der Waals surface area contributed by atoms with Crippen LogP contribution in [-0.4, -0.2) is 65.4 Å². The maximum Gasteiger partial charge on any atom is 0.223 e. The highest BCUT2D eigenvalue weighted by atomic mass is 32.2. The lowest BCUT2D eigenvalue weighted by Gasteiger charge is -2.36. The first kappa shape index (κ1) is 17.5. The number of nitrogens with zero attached hydrogens (tertiary/aromatic N) is 3. The minimum absolute atomic E-state index is 0.00773. The normalized spacial score (nSPS) is 24.1. The maximum atomic E-state index is 12.8. The highest BCUT2D eigenvalue weighted by Crippen LogP contribution is 2.29. The molecule has 3 aliphatic rings. The molecule has 3 fully saturated rings. The van der Waals surface area contributed by atoms with Gasteiger partial charge in [-0.25, -0.2) is 13.4 Å². The number of rotatable bonds is 4. The number of H-pyrrole nitrogens is 1. The van der Waals surface area contributed by atoms with E-state index in [-0.39, 0.29) is 17.9 Å². The fourth-order valence-electron chi connectivity index (χ4n) is 4.11. The van der Waals surface area contributed by atoms with Gasteiger partial charge in [0.05, 0.1) is 17.3 Å². The van der Waals surface area contributed by atoms with E-state index in [2.05, 4.69) is 9.97 Å². The van der Waals surface area contributed by atoms with Crippen LogP contribution in [0, 0.1) is 5.92 Å². The van der Waals surface area contributed by atoms with Gasteiger partial charge in [-0.05, 0) is 30.9 Å². The van der Waals surface area contributed by atoms with Crippen molar-refractivity contribution in [2.75, 3.05) is 25.9 Å². The highest BCUT2D eigenvalue weighted by Gasteiger charge is 2.39. The zero-order valence-electron chi connectivity index (χ0n) is 14.9. The molecule has 5 rings (SSSR count). The van der Waals surface area contributed by atoms with Gasteiger partial charge in [0.2, 0.25) is 15.9 Å². The third-order valence-corrected chi connectivity index (χ3v) is 6.72. The van der Waals surface area contributed by atoms with Crippen molar-refractivity contribution in [2.24, 2.45) is 5.92 Å². The number of piperidine rings is 1. The summed E-state index contributed by atoms with van der Waals surface area (Å²) in [5, 5.41) is 0. The minimum atomic E-state index is -3.21. The van der Waals surface area contributed by atoms with Gasteiger partial charge >= 0.3 is 0 Å². The number of aromatic nitrogens is 2. The molecule has 2 atom stereocenters. The van der Waals surface area contributed by atoms with Crippen LogP contribution in [0.5, 0.6) is 0 Å². The van der Waals surface area contributed by atoms with Crippen LogP contribution in [0.3, 0.4) is 0 Å². The molecule has 7 nitrogen and oxygen atoms in total. The Bertz CT molecular complexity index is 890. The maximum absolute atomic E-state index is 12.8. The van der Waals surface area contributed by atoms with E-state index in [9.17, 15) is 13.2 Å². The minimum Gasteiger partial charge on any atom is -0.342 e. The monoisotopic (exact) mass is 376 g/mol. The third-order valence-electron chi connectivity index (χ3n) is 5.48. The lowest BCUT2D eigenvalue weighted by atomic mass is 9.94.